The summed E-state index contributed by atoms with van der Waals surface area (Å²) >= 11 is 1.63. The van der Waals surface area contributed by atoms with Gasteiger partial charge in [-0.1, -0.05) is 24.3 Å². The van der Waals surface area contributed by atoms with Gasteiger partial charge in [-0.25, -0.2) is 8.42 Å². The quantitative estimate of drug-likeness (QED) is 0.470. The second-order valence-electron chi connectivity index (χ2n) is 6.45. The van der Waals surface area contributed by atoms with Gasteiger partial charge in [0.25, 0.3) is 0 Å². The smallest absolute Gasteiger partial charge is 0.240 e. The molecule has 0 fully saturated rings. The van der Waals surface area contributed by atoms with E-state index in [-0.39, 0.29) is 18.6 Å². The van der Waals surface area contributed by atoms with E-state index >= 15 is 0 Å². The lowest BCUT2D eigenvalue weighted by Gasteiger charge is -2.22. The van der Waals surface area contributed by atoms with Crippen LogP contribution in [0.5, 0.6) is 5.75 Å². The molecule has 2 aromatic carbocycles. The third-order valence-corrected chi connectivity index (χ3v) is 5.76. The molecule has 0 radical (unpaired) electrons. The Bertz CT molecular complexity index is 871. The molecule has 6 nitrogen and oxygen atoms in total. The Balaban J connectivity index is 1.95. The summed E-state index contributed by atoms with van der Waals surface area (Å²) in [4.78, 5) is 13.4. The molecule has 0 spiro atoms. The Morgan fingerprint density at radius 3 is 2.50 bits per heavy atom. The van der Waals surface area contributed by atoms with Gasteiger partial charge < -0.3 is 10.1 Å². The SMILES string of the molecule is CC(C)Oc1cccc(N(CC(=O)NCCSc2ccccc2)S(C)(=O)=O)c1. The molecular weight excluding hydrogens is 396 g/mol. The van der Waals surface area contributed by atoms with Gasteiger partial charge in [0.15, 0.2) is 0 Å². The van der Waals surface area contributed by atoms with E-state index in [1.807, 2.05) is 44.2 Å². The predicted molar refractivity (Wildman–Crippen MR) is 115 cm³/mol. The number of hydrogen-bond donors (Lipinski definition) is 1. The summed E-state index contributed by atoms with van der Waals surface area (Å²) in [5, 5.41) is 2.77. The van der Waals surface area contributed by atoms with Crippen LogP contribution in [0.1, 0.15) is 13.8 Å². The Morgan fingerprint density at radius 2 is 1.86 bits per heavy atom. The first-order valence-corrected chi connectivity index (χ1v) is 11.8. The molecular formula is C20H26N2O4S2. The van der Waals surface area contributed by atoms with Gasteiger partial charge in [0, 0.05) is 23.3 Å². The maximum Gasteiger partial charge on any atom is 0.240 e. The van der Waals surface area contributed by atoms with E-state index in [2.05, 4.69) is 5.32 Å². The molecule has 0 atom stereocenters. The van der Waals surface area contributed by atoms with Crippen LogP contribution in [-0.2, 0) is 14.8 Å². The molecule has 152 valence electrons. The summed E-state index contributed by atoms with van der Waals surface area (Å²) in [5.74, 6) is 0.905. The highest BCUT2D eigenvalue weighted by molar-refractivity contribution is 7.99. The third kappa shape index (κ3) is 7.44. The summed E-state index contributed by atoms with van der Waals surface area (Å²) in [7, 11) is -3.62. The van der Waals surface area contributed by atoms with Crippen LogP contribution in [-0.4, -0.2) is 45.5 Å². The molecule has 0 heterocycles. The minimum atomic E-state index is -3.62. The van der Waals surface area contributed by atoms with Crippen LogP contribution in [0.2, 0.25) is 0 Å². The molecule has 0 aliphatic heterocycles. The van der Waals surface area contributed by atoms with Gasteiger partial charge in [-0.15, -0.1) is 11.8 Å². The molecule has 8 heteroatoms. The van der Waals surface area contributed by atoms with E-state index < -0.39 is 10.0 Å². The first-order chi connectivity index (χ1) is 13.3. The standard InChI is InChI=1S/C20H26N2O4S2/c1-16(2)26-18-9-7-8-17(14-18)22(28(3,24)25)15-20(23)21-12-13-27-19-10-5-4-6-11-19/h4-11,14,16H,12-13,15H2,1-3H3,(H,21,23). The molecule has 0 aliphatic carbocycles. The van der Waals surface area contributed by atoms with Crippen LogP contribution < -0.4 is 14.4 Å². The molecule has 2 aromatic rings. The summed E-state index contributed by atoms with van der Waals surface area (Å²) in [6.07, 6.45) is 1.05. The Labute approximate surface area is 171 Å². The van der Waals surface area contributed by atoms with Crippen LogP contribution in [0, 0.1) is 0 Å². The summed E-state index contributed by atoms with van der Waals surface area (Å²) in [5.41, 5.74) is 0.398. The number of thioether (sulfide) groups is 1. The number of nitrogens with zero attached hydrogens (tertiary/aromatic N) is 1. The summed E-state index contributed by atoms with van der Waals surface area (Å²) in [6.45, 7) is 3.95. The van der Waals surface area contributed by atoms with Gasteiger partial charge in [-0.3, -0.25) is 9.10 Å². The number of benzene rings is 2. The number of nitrogens with one attached hydrogen (secondary N) is 1. The first kappa shape index (κ1) is 22.1. The average molecular weight is 423 g/mol. The van der Waals surface area contributed by atoms with Crippen molar-refractivity contribution in [3.63, 3.8) is 0 Å². The van der Waals surface area contributed by atoms with Crippen molar-refractivity contribution in [1.82, 2.24) is 5.32 Å². The lowest BCUT2D eigenvalue weighted by Crippen LogP contribution is -2.41. The van der Waals surface area contributed by atoms with Gasteiger partial charge in [0.05, 0.1) is 18.0 Å². The lowest BCUT2D eigenvalue weighted by molar-refractivity contribution is -0.119. The molecule has 0 aliphatic rings. The fourth-order valence-electron chi connectivity index (χ4n) is 2.45. The highest BCUT2D eigenvalue weighted by Crippen LogP contribution is 2.24. The fraction of sp³-hybridized carbons (Fsp3) is 0.350. The molecule has 1 N–H and O–H groups in total. The molecule has 0 saturated heterocycles. The van der Waals surface area contributed by atoms with Crippen molar-refractivity contribution < 1.29 is 17.9 Å². The van der Waals surface area contributed by atoms with Crippen LogP contribution in [0.3, 0.4) is 0 Å². The maximum absolute atomic E-state index is 12.3. The predicted octanol–water partition coefficient (Wildman–Crippen LogP) is 3.15. The van der Waals surface area contributed by atoms with E-state index in [0.717, 1.165) is 15.5 Å². The number of rotatable bonds is 10. The molecule has 1 amide bonds. The number of amides is 1. The monoisotopic (exact) mass is 422 g/mol. The number of ether oxygens (including phenoxy) is 1. The van der Waals surface area contributed by atoms with Gasteiger partial charge in [0.1, 0.15) is 12.3 Å². The highest BCUT2D eigenvalue weighted by atomic mass is 32.2. The largest absolute Gasteiger partial charge is 0.491 e. The minimum Gasteiger partial charge on any atom is -0.491 e. The Hall–Kier alpha value is -2.19. The molecule has 2 rings (SSSR count). The van der Waals surface area contributed by atoms with Crippen LogP contribution in [0.4, 0.5) is 5.69 Å². The van der Waals surface area contributed by atoms with Crippen molar-refractivity contribution in [1.29, 1.82) is 0 Å². The van der Waals surface area contributed by atoms with Gasteiger partial charge in [-0.2, -0.15) is 0 Å². The molecule has 0 saturated carbocycles. The number of carbonyl (C=O) groups excluding carboxylic acids is 1. The number of anilines is 1. The van der Waals surface area contributed by atoms with Crippen molar-refractivity contribution in [2.75, 3.05) is 29.4 Å². The topological polar surface area (TPSA) is 75.7 Å². The fourth-order valence-corrected chi connectivity index (χ4v) is 4.08. The lowest BCUT2D eigenvalue weighted by atomic mass is 10.3. The Morgan fingerprint density at radius 1 is 1.14 bits per heavy atom. The second kappa shape index (κ2) is 10.4. The van der Waals surface area contributed by atoms with Gasteiger partial charge in [-0.05, 0) is 38.1 Å². The molecule has 0 aromatic heterocycles. The van der Waals surface area contributed by atoms with Crippen molar-refractivity contribution >= 4 is 33.4 Å². The Kier molecular flexibility index (Phi) is 8.19. The van der Waals surface area contributed by atoms with E-state index in [0.29, 0.717) is 23.7 Å². The summed E-state index contributed by atoms with van der Waals surface area (Å²) in [6, 6.07) is 16.6. The zero-order chi connectivity index (χ0) is 20.6. The second-order valence-corrected chi connectivity index (χ2v) is 9.52. The normalized spacial score (nSPS) is 11.3. The third-order valence-electron chi connectivity index (χ3n) is 3.60. The molecule has 0 unspecified atom stereocenters. The van der Waals surface area contributed by atoms with Crippen molar-refractivity contribution in [2.24, 2.45) is 0 Å². The van der Waals surface area contributed by atoms with Crippen LogP contribution >= 0.6 is 11.8 Å². The van der Waals surface area contributed by atoms with Gasteiger partial charge >= 0.3 is 0 Å². The van der Waals surface area contributed by atoms with Crippen molar-refractivity contribution in [3.8, 4) is 5.75 Å². The van der Waals surface area contributed by atoms with Crippen molar-refractivity contribution in [3.05, 3.63) is 54.6 Å². The minimum absolute atomic E-state index is 0.0349. The zero-order valence-electron chi connectivity index (χ0n) is 16.3. The summed E-state index contributed by atoms with van der Waals surface area (Å²) < 4.78 is 31.1. The van der Waals surface area contributed by atoms with Gasteiger partial charge in [0.2, 0.25) is 15.9 Å². The number of hydrogen-bond acceptors (Lipinski definition) is 5. The van der Waals surface area contributed by atoms with Crippen molar-refractivity contribution in [2.45, 2.75) is 24.8 Å². The number of sulfonamides is 1. The highest BCUT2D eigenvalue weighted by Gasteiger charge is 2.21. The van der Waals surface area contributed by atoms with E-state index in [9.17, 15) is 13.2 Å². The molecule has 0 bridgehead atoms. The average Bonchev–Trinajstić information content (AvgIpc) is 2.63. The van der Waals surface area contributed by atoms with Crippen LogP contribution in [0.15, 0.2) is 59.5 Å². The van der Waals surface area contributed by atoms with E-state index in [1.165, 1.54) is 0 Å². The van der Waals surface area contributed by atoms with E-state index in [4.69, 9.17) is 4.74 Å². The number of carbonyl (C=O) groups is 1. The first-order valence-electron chi connectivity index (χ1n) is 8.94. The zero-order valence-corrected chi connectivity index (χ0v) is 17.9. The van der Waals surface area contributed by atoms with Crippen LogP contribution in [0.25, 0.3) is 0 Å². The molecule has 28 heavy (non-hydrogen) atoms. The van der Waals surface area contributed by atoms with E-state index in [1.54, 1.807) is 36.0 Å². The maximum atomic E-state index is 12.3.